The average molecular weight is 323 g/mol. The maximum absolute atomic E-state index is 6.11. The Kier molecular flexibility index (Phi) is 4.14. The van der Waals surface area contributed by atoms with Gasteiger partial charge in [-0.05, 0) is 53.9 Å². The fourth-order valence-corrected chi connectivity index (χ4v) is 2.31. The van der Waals surface area contributed by atoms with E-state index < -0.39 is 0 Å². The monoisotopic (exact) mass is 322 g/mol. The van der Waals surface area contributed by atoms with E-state index in [1.165, 1.54) is 5.56 Å². The molecule has 2 rings (SSSR count). The van der Waals surface area contributed by atoms with Gasteiger partial charge in [-0.1, -0.05) is 13.0 Å². The topological polar surface area (TPSA) is 55.9 Å². The summed E-state index contributed by atoms with van der Waals surface area (Å²) in [4.78, 5) is 0. The van der Waals surface area contributed by atoms with E-state index >= 15 is 0 Å². The van der Waals surface area contributed by atoms with Crippen LogP contribution in [0.15, 0.2) is 22.7 Å². The van der Waals surface area contributed by atoms with Crippen LogP contribution in [-0.4, -0.2) is 9.78 Å². The summed E-state index contributed by atoms with van der Waals surface area (Å²) in [5, 5.41) is 7.85. The summed E-state index contributed by atoms with van der Waals surface area (Å²) in [6.45, 7) is 6.97. The van der Waals surface area contributed by atoms with Gasteiger partial charge in [-0.15, -0.1) is 0 Å². The minimum Gasteiger partial charge on any atom is -0.394 e. The van der Waals surface area contributed by atoms with Gasteiger partial charge in [0, 0.05) is 11.0 Å². The number of halogens is 1. The average Bonchev–Trinajstić information content (AvgIpc) is 2.62. The summed E-state index contributed by atoms with van der Waals surface area (Å²) in [7, 11) is 0. The van der Waals surface area contributed by atoms with Crippen LogP contribution in [0.2, 0.25) is 0 Å². The van der Waals surface area contributed by atoms with Gasteiger partial charge in [0.15, 0.2) is 5.82 Å². The van der Waals surface area contributed by atoms with Gasteiger partial charge in [-0.25, -0.2) is 4.68 Å². The molecule has 0 atom stereocenters. The molecule has 4 nitrogen and oxygen atoms in total. The molecule has 1 aromatic carbocycles. The number of hydrogen-bond donors (Lipinski definition) is 2. The van der Waals surface area contributed by atoms with Gasteiger partial charge in [0.2, 0.25) is 0 Å². The smallest absolute Gasteiger partial charge is 0.152 e. The van der Waals surface area contributed by atoms with Crippen molar-refractivity contribution in [3.63, 3.8) is 0 Å². The van der Waals surface area contributed by atoms with Crippen molar-refractivity contribution in [1.29, 1.82) is 0 Å². The summed E-state index contributed by atoms with van der Waals surface area (Å²) < 4.78 is 2.94. The third-order valence-electron chi connectivity index (χ3n) is 2.98. The SMILES string of the molecule is CCCn1nc(C)c(N)c1Nc1cc(C)ccc1Br. The van der Waals surface area contributed by atoms with Crippen LogP contribution in [0.3, 0.4) is 0 Å². The maximum Gasteiger partial charge on any atom is 0.152 e. The Bertz CT molecular complexity index is 589. The lowest BCUT2D eigenvalue weighted by atomic mass is 10.2. The molecule has 2 aromatic rings. The molecule has 0 aliphatic carbocycles. The summed E-state index contributed by atoms with van der Waals surface area (Å²) in [5.74, 6) is 0.866. The van der Waals surface area contributed by atoms with Gasteiger partial charge in [-0.2, -0.15) is 5.10 Å². The lowest BCUT2D eigenvalue weighted by Crippen LogP contribution is -2.06. The lowest BCUT2D eigenvalue weighted by Gasteiger charge is -2.12. The zero-order chi connectivity index (χ0) is 14.0. The van der Waals surface area contributed by atoms with Crippen molar-refractivity contribution in [2.24, 2.45) is 0 Å². The van der Waals surface area contributed by atoms with Crippen molar-refractivity contribution < 1.29 is 0 Å². The van der Waals surface area contributed by atoms with Gasteiger partial charge in [0.25, 0.3) is 0 Å². The van der Waals surface area contributed by atoms with Crippen LogP contribution >= 0.6 is 15.9 Å². The largest absolute Gasteiger partial charge is 0.394 e. The van der Waals surface area contributed by atoms with Crippen molar-refractivity contribution in [3.05, 3.63) is 33.9 Å². The number of nitrogen functional groups attached to an aromatic ring is 1. The van der Waals surface area contributed by atoms with Crippen LogP contribution < -0.4 is 11.1 Å². The highest BCUT2D eigenvalue weighted by molar-refractivity contribution is 9.10. The number of aryl methyl sites for hydroxylation is 3. The summed E-state index contributed by atoms with van der Waals surface area (Å²) in [5.41, 5.74) is 9.88. The number of nitrogens with one attached hydrogen (secondary N) is 1. The number of nitrogens with zero attached hydrogens (tertiary/aromatic N) is 2. The number of benzene rings is 1. The molecule has 0 fully saturated rings. The Labute approximate surface area is 122 Å². The van der Waals surface area contributed by atoms with E-state index in [1.807, 2.05) is 17.7 Å². The molecule has 0 unspecified atom stereocenters. The fraction of sp³-hybridized carbons (Fsp3) is 0.357. The zero-order valence-electron chi connectivity index (χ0n) is 11.5. The first-order valence-electron chi connectivity index (χ1n) is 6.39. The van der Waals surface area contributed by atoms with E-state index in [9.17, 15) is 0 Å². The van der Waals surface area contributed by atoms with Crippen molar-refractivity contribution >= 4 is 33.1 Å². The third kappa shape index (κ3) is 2.92. The highest BCUT2D eigenvalue weighted by atomic mass is 79.9. The first-order valence-corrected chi connectivity index (χ1v) is 7.18. The third-order valence-corrected chi connectivity index (χ3v) is 3.68. The van der Waals surface area contributed by atoms with Crippen LogP contribution in [0.1, 0.15) is 24.6 Å². The van der Waals surface area contributed by atoms with Crippen molar-refractivity contribution in [2.75, 3.05) is 11.1 Å². The van der Waals surface area contributed by atoms with Crippen molar-refractivity contribution in [1.82, 2.24) is 9.78 Å². The highest BCUT2D eigenvalue weighted by Crippen LogP contribution is 2.31. The van der Waals surface area contributed by atoms with Crippen LogP contribution in [0.25, 0.3) is 0 Å². The summed E-state index contributed by atoms with van der Waals surface area (Å²) in [6, 6.07) is 6.18. The summed E-state index contributed by atoms with van der Waals surface area (Å²) in [6.07, 6.45) is 1.02. The molecule has 102 valence electrons. The predicted molar refractivity (Wildman–Crippen MR) is 83.8 cm³/mol. The van der Waals surface area contributed by atoms with Crippen molar-refractivity contribution in [2.45, 2.75) is 33.7 Å². The Hall–Kier alpha value is -1.49. The van der Waals surface area contributed by atoms with Gasteiger partial charge in [0.05, 0.1) is 17.1 Å². The Morgan fingerprint density at radius 3 is 2.79 bits per heavy atom. The normalized spacial score (nSPS) is 10.7. The second kappa shape index (κ2) is 5.65. The molecule has 1 aromatic heterocycles. The molecule has 0 saturated heterocycles. The van der Waals surface area contributed by atoms with Crippen LogP contribution in [0, 0.1) is 13.8 Å². The second-order valence-electron chi connectivity index (χ2n) is 4.68. The molecule has 19 heavy (non-hydrogen) atoms. The second-order valence-corrected chi connectivity index (χ2v) is 5.53. The number of nitrogens with two attached hydrogens (primary N) is 1. The molecule has 0 aliphatic rings. The summed E-state index contributed by atoms with van der Waals surface area (Å²) >= 11 is 3.55. The number of rotatable bonds is 4. The van der Waals surface area contributed by atoms with E-state index in [4.69, 9.17) is 5.73 Å². The highest BCUT2D eigenvalue weighted by Gasteiger charge is 2.13. The van der Waals surface area contributed by atoms with Crippen LogP contribution in [0.5, 0.6) is 0 Å². The quantitative estimate of drug-likeness (QED) is 0.894. The molecule has 0 radical (unpaired) electrons. The fourth-order valence-electron chi connectivity index (χ4n) is 1.96. The molecule has 3 N–H and O–H groups in total. The molecular formula is C14H19BrN4. The van der Waals surface area contributed by atoms with Gasteiger partial charge >= 0.3 is 0 Å². The Morgan fingerprint density at radius 2 is 2.11 bits per heavy atom. The first kappa shape index (κ1) is 13.9. The van der Waals surface area contributed by atoms with E-state index in [-0.39, 0.29) is 0 Å². The van der Waals surface area contributed by atoms with Gasteiger partial charge < -0.3 is 11.1 Å². The van der Waals surface area contributed by atoms with Crippen molar-refractivity contribution in [3.8, 4) is 0 Å². The molecule has 1 heterocycles. The number of anilines is 3. The van der Waals surface area contributed by atoms with Gasteiger partial charge in [0.1, 0.15) is 0 Å². The number of hydrogen-bond acceptors (Lipinski definition) is 3. The molecular weight excluding hydrogens is 304 g/mol. The molecule has 0 aliphatic heterocycles. The lowest BCUT2D eigenvalue weighted by molar-refractivity contribution is 0.605. The van der Waals surface area contributed by atoms with E-state index in [0.29, 0.717) is 5.69 Å². The molecule has 5 heteroatoms. The molecule has 0 saturated carbocycles. The molecule has 0 amide bonds. The Morgan fingerprint density at radius 1 is 1.37 bits per heavy atom. The number of aromatic nitrogens is 2. The zero-order valence-corrected chi connectivity index (χ0v) is 13.1. The standard InChI is InChI=1S/C14H19BrN4/c1-4-7-19-14(13(16)10(3)18-19)17-12-8-9(2)5-6-11(12)15/h5-6,8,17H,4,7,16H2,1-3H3. The first-order chi connectivity index (χ1) is 9.02. The Balaban J connectivity index is 2.39. The predicted octanol–water partition coefficient (Wildman–Crippen LogP) is 4.00. The minimum absolute atomic E-state index is 0.710. The van der Waals surface area contributed by atoms with Crippen LogP contribution in [0.4, 0.5) is 17.2 Å². The minimum atomic E-state index is 0.710. The van der Waals surface area contributed by atoms with Gasteiger partial charge in [-0.3, -0.25) is 0 Å². The molecule has 0 spiro atoms. The van der Waals surface area contributed by atoms with Crippen LogP contribution in [-0.2, 0) is 6.54 Å². The van der Waals surface area contributed by atoms with E-state index in [1.54, 1.807) is 0 Å². The van der Waals surface area contributed by atoms with E-state index in [2.05, 4.69) is 52.3 Å². The van der Waals surface area contributed by atoms with E-state index in [0.717, 1.165) is 34.6 Å². The molecule has 0 bridgehead atoms. The maximum atomic E-state index is 6.11.